The molecule has 0 radical (unpaired) electrons. The lowest BCUT2D eigenvalue weighted by atomic mass is 10.1. The monoisotopic (exact) mass is 282 g/mol. The Balaban J connectivity index is 3.18. The Morgan fingerprint density at radius 3 is 2.45 bits per heavy atom. The predicted octanol–water partition coefficient (Wildman–Crippen LogP) is 1.83. The average Bonchev–Trinajstić information content (AvgIpc) is 2.37. The second-order valence-corrected chi connectivity index (χ2v) is 4.65. The summed E-state index contributed by atoms with van der Waals surface area (Å²) in [5.41, 5.74) is -0.165. The molecule has 0 aliphatic rings. The number of aromatic carboxylic acids is 1. The highest BCUT2D eigenvalue weighted by atomic mass is 19.1. The summed E-state index contributed by atoms with van der Waals surface area (Å²) >= 11 is 0. The van der Waals surface area contributed by atoms with Crippen LogP contribution in [0.25, 0.3) is 0 Å². The number of carbonyl (C=O) groups excluding carboxylic acids is 1. The van der Waals surface area contributed by atoms with E-state index in [0.717, 1.165) is 12.5 Å². The standard InChI is InChI=1S/C14H19FN2O3/c1-4-8-17(9-12(18)16(2)3)11-7-5-6-10(15)13(11)14(19)20/h5-7H,4,8-9H2,1-3H3,(H,19,20). The Hall–Kier alpha value is -2.11. The molecular formula is C14H19FN2O3. The molecular weight excluding hydrogens is 263 g/mol. The third-order valence-corrected chi connectivity index (χ3v) is 2.86. The number of likely N-dealkylation sites (N-methyl/N-ethyl adjacent to an activating group) is 1. The van der Waals surface area contributed by atoms with Crippen molar-refractivity contribution < 1.29 is 19.1 Å². The molecule has 1 aromatic carbocycles. The second kappa shape index (κ2) is 6.88. The first-order chi connectivity index (χ1) is 9.38. The summed E-state index contributed by atoms with van der Waals surface area (Å²) < 4.78 is 13.7. The van der Waals surface area contributed by atoms with Gasteiger partial charge >= 0.3 is 5.97 Å². The van der Waals surface area contributed by atoms with Crippen LogP contribution in [-0.2, 0) is 4.79 Å². The van der Waals surface area contributed by atoms with E-state index < -0.39 is 17.3 Å². The third kappa shape index (κ3) is 3.69. The minimum atomic E-state index is -1.34. The summed E-state index contributed by atoms with van der Waals surface area (Å²) in [5.74, 6) is -2.30. The number of amides is 1. The highest BCUT2D eigenvalue weighted by Crippen LogP contribution is 2.23. The number of anilines is 1. The SMILES string of the molecule is CCCN(CC(=O)N(C)C)c1cccc(F)c1C(=O)O. The molecule has 110 valence electrons. The Bertz CT molecular complexity index is 503. The molecule has 0 aliphatic carbocycles. The molecule has 1 amide bonds. The molecule has 20 heavy (non-hydrogen) atoms. The van der Waals surface area contributed by atoms with Crippen molar-refractivity contribution in [1.29, 1.82) is 0 Å². The summed E-state index contributed by atoms with van der Waals surface area (Å²) in [6.07, 6.45) is 0.719. The van der Waals surface area contributed by atoms with Crippen LogP contribution >= 0.6 is 0 Å². The lowest BCUT2D eigenvalue weighted by molar-refractivity contribution is -0.127. The number of halogens is 1. The third-order valence-electron chi connectivity index (χ3n) is 2.86. The first-order valence-corrected chi connectivity index (χ1v) is 6.35. The number of nitrogens with zero attached hydrogens (tertiary/aromatic N) is 2. The molecule has 5 nitrogen and oxygen atoms in total. The van der Waals surface area contributed by atoms with Crippen molar-refractivity contribution in [3.05, 3.63) is 29.6 Å². The number of benzene rings is 1. The number of carbonyl (C=O) groups is 2. The summed E-state index contributed by atoms with van der Waals surface area (Å²) in [6, 6.07) is 4.07. The number of hydrogen-bond acceptors (Lipinski definition) is 3. The molecule has 6 heteroatoms. The Morgan fingerprint density at radius 2 is 1.95 bits per heavy atom. The van der Waals surface area contributed by atoms with E-state index in [9.17, 15) is 14.0 Å². The van der Waals surface area contributed by atoms with Crippen molar-refractivity contribution in [3.8, 4) is 0 Å². The van der Waals surface area contributed by atoms with Crippen LogP contribution in [0.3, 0.4) is 0 Å². The van der Waals surface area contributed by atoms with Gasteiger partial charge in [0.25, 0.3) is 0 Å². The van der Waals surface area contributed by atoms with Gasteiger partial charge in [-0.15, -0.1) is 0 Å². The van der Waals surface area contributed by atoms with E-state index in [0.29, 0.717) is 6.54 Å². The maximum absolute atomic E-state index is 13.7. The van der Waals surface area contributed by atoms with Gasteiger partial charge in [-0.3, -0.25) is 4.79 Å². The summed E-state index contributed by atoms with van der Waals surface area (Å²) in [7, 11) is 3.24. The zero-order valence-corrected chi connectivity index (χ0v) is 11.9. The van der Waals surface area contributed by atoms with Crippen LogP contribution in [0.4, 0.5) is 10.1 Å². The molecule has 1 aromatic rings. The number of carboxylic acid groups (broad SMARTS) is 1. The van der Waals surface area contributed by atoms with Gasteiger partial charge in [-0.1, -0.05) is 13.0 Å². The van der Waals surface area contributed by atoms with Crippen molar-refractivity contribution in [2.45, 2.75) is 13.3 Å². The Morgan fingerprint density at radius 1 is 1.30 bits per heavy atom. The van der Waals surface area contributed by atoms with Crippen molar-refractivity contribution in [2.24, 2.45) is 0 Å². The van der Waals surface area contributed by atoms with E-state index in [1.54, 1.807) is 19.0 Å². The molecule has 0 saturated carbocycles. The van der Waals surface area contributed by atoms with Crippen LogP contribution in [0.15, 0.2) is 18.2 Å². The second-order valence-electron chi connectivity index (χ2n) is 4.65. The first-order valence-electron chi connectivity index (χ1n) is 6.35. The molecule has 0 aromatic heterocycles. The van der Waals surface area contributed by atoms with E-state index in [4.69, 9.17) is 5.11 Å². The van der Waals surface area contributed by atoms with Gasteiger partial charge in [0.2, 0.25) is 5.91 Å². The van der Waals surface area contributed by atoms with Gasteiger partial charge in [0.05, 0.1) is 12.2 Å². The van der Waals surface area contributed by atoms with Crippen LogP contribution in [0.2, 0.25) is 0 Å². The zero-order chi connectivity index (χ0) is 15.3. The Kier molecular flexibility index (Phi) is 5.49. The highest BCUT2D eigenvalue weighted by molar-refractivity contribution is 5.95. The summed E-state index contributed by atoms with van der Waals surface area (Å²) in [6.45, 7) is 2.40. The van der Waals surface area contributed by atoms with E-state index >= 15 is 0 Å². The molecule has 0 aliphatic heterocycles. The fourth-order valence-electron chi connectivity index (χ4n) is 1.85. The maximum atomic E-state index is 13.7. The van der Waals surface area contributed by atoms with Crippen LogP contribution in [0.1, 0.15) is 23.7 Å². The van der Waals surface area contributed by atoms with Crippen LogP contribution in [-0.4, -0.2) is 49.1 Å². The topological polar surface area (TPSA) is 60.9 Å². The maximum Gasteiger partial charge on any atom is 0.340 e. The molecule has 0 spiro atoms. The molecule has 0 bridgehead atoms. The van der Waals surface area contributed by atoms with Gasteiger partial charge in [0, 0.05) is 20.6 Å². The van der Waals surface area contributed by atoms with Gasteiger partial charge < -0.3 is 14.9 Å². The first kappa shape index (κ1) is 15.9. The molecule has 0 unspecified atom stereocenters. The Labute approximate surface area is 117 Å². The molecule has 1 rings (SSSR count). The van der Waals surface area contributed by atoms with Gasteiger partial charge in [0.1, 0.15) is 11.4 Å². The van der Waals surface area contributed by atoms with Gasteiger partial charge in [-0.2, -0.15) is 0 Å². The summed E-state index contributed by atoms with van der Waals surface area (Å²) in [4.78, 5) is 26.0. The fraction of sp³-hybridized carbons (Fsp3) is 0.429. The predicted molar refractivity (Wildman–Crippen MR) is 74.6 cm³/mol. The average molecular weight is 282 g/mol. The molecule has 0 saturated heterocycles. The minimum Gasteiger partial charge on any atom is -0.478 e. The normalized spacial score (nSPS) is 10.2. The number of carboxylic acids is 1. The highest BCUT2D eigenvalue weighted by Gasteiger charge is 2.21. The lowest BCUT2D eigenvalue weighted by Gasteiger charge is -2.26. The van der Waals surface area contributed by atoms with Crippen molar-refractivity contribution in [2.75, 3.05) is 32.1 Å². The molecule has 0 fully saturated rings. The number of rotatable bonds is 6. The van der Waals surface area contributed by atoms with E-state index in [1.807, 2.05) is 6.92 Å². The van der Waals surface area contributed by atoms with Crippen molar-refractivity contribution in [3.63, 3.8) is 0 Å². The van der Waals surface area contributed by atoms with Gasteiger partial charge in [0.15, 0.2) is 0 Å². The van der Waals surface area contributed by atoms with Crippen LogP contribution in [0, 0.1) is 5.82 Å². The zero-order valence-electron chi connectivity index (χ0n) is 11.9. The summed E-state index contributed by atoms with van der Waals surface area (Å²) in [5, 5.41) is 9.14. The lowest BCUT2D eigenvalue weighted by Crippen LogP contribution is -2.38. The fourth-order valence-corrected chi connectivity index (χ4v) is 1.85. The molecule has 1 N–H and O–H groups in total. The van der Waals surface area contributed by atoms with E-state index in [-0.39, 0.29) is 18.1 Å². The van der Waals surface area contributed by atoms with Crippen molar-refractivity contribution >= 4 is 17.6 Å². The van der Waals surface area contributed by atoms with Crippen molar-refractivity contribution in [1.82, 2.24) is 4.90 Å². The molecule has 0 heterocycles. The number of hydrogen-bond donors (Lipinski definition) is 1. The van der Waals surface area contributed by atoms with Crippen LogP contribution < -0.4 is 4.90 Å². The largest absolute Gasteiger partial charge is 0.478 e. The quantitative estimate of drug-likeness (QED) is 0.864. The minimum absolute atomic E-state index is 0.0184. The molecule has 0 atom stereocenters. The van der Waals surface area contributed by atoms with Gasteiger partial charge in [-0.05, 0) is 18.6 Å². The van der Waals surface area contributed by atoms with Gasteiger partial charge in [-0.25, -0.2) is 9.18 Å². The van der Waals surface area contributed by atoms with E-state index in [1.165, 1.54) is 17.0 Å². The van der Waals surface area contributed by atoms with Crippen LogP contribution in [0.5, 0.6) is 0 Å². The van der Waals surface area contributed by atoms with E-state index in [2.05, 4.69) is 0 Å². The smallest absolute Gasteiger partial charge is 0.340 e.